The van der Waals surface area contributed by atoms with Gasteiger partial charge in [-0.2, -0.15) is 0 Å². The summed E-state index contributed by atoms with van der Waals surface area (Å²) in [5.74, 6) is 1.61. The Kier molecular flexibility index (Phi) is 9.91. The van der Waals surface area contributed by atoms with Crippen LogP contribution >= 0.6 is 19.2 Å². The van der Waals surface area contributed by atoms with Gasteiger partial charge in [0.25, 0.3) is 0 Å². The molecule has 0 N–H and O–H groups in total. The van der Waals surface area contributed by atoms with Crippen LogP contribution in [0.3, 0.4) is 0 Å². The van der Waals surface area contributed by atoms with Crippen molar-refractivity contribution in [1.82, 2.24) is 0 Å². The SMILES string of the molecule is CCCOP(=O)(CCCCCCOc1cccc2c3c(cc(Cl)c12)C=CC(C)(C)O3)OCCC. The molecule has 5 nitrogen and oxygen atoms in total. The van der Waals surface area contributed by atoms with E-state index in [1.807, 2.05) is 58.0 Å². The van der Waals surface area contributed by atoms with Crippen LogP contribution in [0.4, 0.5) is 0 Å². The minimum Gasteiger partial charge on any atom is -0.493 e. The van der Waals surface area contributed by atoms with E-state index in [4.69, 9.17) is 30.1 Å². The molecule has 0 atom stereocenters. The first kappa shape index (κ1) is 27.1. The van der Waals surface area contributed by atoms with Crippen LogP contribution < -0.4 is 9.47 Å². The molecule has 1 aliphatic rings. The van der Waals surface area contributed by atoms with Crippen molar-refractivity contribution in [2.75, 3.05) is 26.0 Å². The van der Waals surface area contributed by atoms with Crippen molar-refractivity contribution in [1.29, 1.82) is 0 Å². The normalized spacial score (nSPS) is 14.7. The van der Waals surface area contributed by atoms with E-state index in [-0.39, 0.29) is 5.60 Å². The Morgan fingerprint density at radius 1 is 1.00 bits per heavy atom. The summed E-state index contributed by atoms with van der Waals surface area (Å²) in [5, 5.41) is 2.51. The van der Waals surface area contributed by atoms with Crippen LogP contribution in [0.15, 0.2) is 30.3 Å². The number of halogens is 1. The van der Waals surface area contributed by atoms with Crippen molar-refractivity contribution < 1.29 is 23.1 Å². The third-order valence-corrected chi connectivity index (χ3v) is 7.97. The predicted octanol–water partition coefficient (Wildman–Crippen LogP) is 8.66. The third kappa shape index (κ3) is 7.24. The van der Waals surface area contributed by atoms with Gasteiger partial charge in [0.2, 0.25) is 0 Å². The van der Waals surface area contributed by atoms with Crippen molar-refractivity contribution >= 4 is 36.0 Å². The van der Waals surface area contributed by atoms with Crippen molar-refractivity contribution in [3.63, 3.8) is 0 Å². The Labute approximate surface area is 209 Å². The maximum Gasteiger partial charge on any atom is 0.330 e. The number of unbranched alkanes of at least 4 members (excludes halogenated alkanes) is 3. The zero-order chi connectivity index (χ0) is 24.6. The van der Waals surface area contributed by atoms with Gasteiger partial charge >= 0.3 is 7.60 Å². The lowest BCUT2D eigenvalue weighted by Crippen LogP contribution is -2.27. The minimum atomic E-state index is -2.97. The van der Waals surface area contributed by atoms with Crippen LogP contribution in [-0.2, 0) is 13.6 Å². The molecule has 0 aliphatic carbocycles. The van der Waals surface area contributed by atoms with Gasteiger partial charge in [-0.15, -0.1) is 0 Å². The molecule has 0 bridgehead atoms. The van der Waals surface area contributed by atoms with Gasteiger partial charge in [-0.3, -0.25) is 4.57 Å². The van der Waals surface area contributed by atoms with Gasteiger partial charge in [0.15, 0.2) is 0 Å². The van der Waals surface area contributed by atoms with Crippen LogP contribution in [0.25, 0.3) is 16.8 Å². The standard InChI is InChI=1S/C27H38ClO5P/c1-5-16-31-34(29,32-17-6-2)19-10-8-7-9-18-30-24-13-11-12-22-25(24)23(28)20-21-14-15-27(3,4)33-26(21)22/h11-15,20H,5-10,16-19H2,1-4H3. The summed E-state index contributed by atoms with van der Waals surface area (Å²) < 4.78 is 36.3. The second-order valence-corrected chi connectivity index (χ2v) is 11.9. The first-order valence-electron chi connectivity index (χ1n) is 12.4. The van der Waals surface area contributed by atoms with E-state index < -0.39 is 7.60 Å². The average molecular weight is 509 g/mol. The van der Waals surface area contributed by atoms with Gasteiger partial charge < -0.3 is 18.5 Å². The highest BCUT2D eigenvalue weighted by Crippen LogP contribution is 2.49. The van der Waals surface area contributed by atoms with E-state index in [1.165, 1.54) is 0 Å². The molecule has 0 spiro atoms. The smallest absolute Gasteiger partial charge is 0.330 e. The second kappa shape index (κ2) is 12.4. The monoisotopic (exact) mass is 508 g/mol. The molecule has 3 rings (SSSR count). The van der Waals surface area contributed by atoms with E-state index in [2.05, 4.69) is 6.08 Å². The van der Waals surface area contributed by atoms with E-state index in [1.54, 1.807) is 0 Å². The zero-order valence-electron chi connectivity index (χ0n) is 20.9. The van der Waals surface area contributed by atoms with E-state index in [9.17, 15) is 4.57 Å². The summed E-state index contributed by atoms with van der Waals surface area (Å²) in [6, 6.07) is 7.91. The molecule has 188 valence electrons. The zero-order valence-corrected chi connectivity index (χ0v) is 22.6. The summed E-state index contributed by atoms with van der Waals surface area (Å²) in [5.41, 5.74) is 0.620. The maximum absolute atomic E-state index is 12.8. The van der Waals surface area contributed by atoms with Gasteiger partial charge in [-0.1, -0.05) is 56.5 Å². The van der Waals surface area contributed by atoms with Gasteiger partial charge in [0, 0.05) is 16.3 Å². The van der Waals surface area contributed by atoms with Crippen LogP contribution in [0.5, 0.6) is 11.5 Å². The van der Waals surface area contributed by atoms with Crippen LogP contribution in [-0.4, -0.2) is 31.6 Å². The van der Waals surface area contributed by atoms with E-state index in [0.29, 0.717) is 31.0 Å². The van der Waals surface area contributed by atoms with Crippen LogP contribution in [0.2, 0.25) is 5.02 Å². The van der Waals surface area contributed by atoms with Crippen molar-refractivity contribution in [2.24, 2.45) is 0 Å². The highest BCUT2D eigenvalue weighted by Gasteiger charge is 2.25. The highest BCUT2D eigenvalue weighted by atomic mass is 35.5. The molecule has 0 unspecified atom stereocenters. The fourth-order valence-corrected chi connectivity index (χ4v) is 6.09. The topological polar surface area (TPSA) is 54.0 Å². The lowest BCUT2D eigenvalue weighted by atomic mass is 9.98. The molecule has 0 radical (unpaired) electrons. The number of benzene rings is 2. The van der Waals surface area contributed by atoms with Gasteiger partial charge in [-0.05, 0) is 57.7 Å². The molecule has 2 aromatic carbocycles. The number of rotatable bonds is 14. The predicted molar refractivity (Wildman–Crippen MR) is 142 cm³/mol. The summed E-state index contributed by atoms with van der Waals surface area (Å²) in [4.78, 5) is 0. The largest absolute Gasteiger partial charge is 0.493 e. The molecule has 7 heteroatoms. The lowest BCUT2D eigenvalue weighted by molar-refractivity contribution is 0.161. The molecule has 0 saturated heterocycles. The van der Waals surface area contributed by atoms with E-state index in [0.717, 1.165) is 66.4 Å². The fraction of sp³-hybridized carbons (Fsp3) is 0.556. The molecule has 0 saturated carbocycles. The van der Waals surface area contributed by atoms with Crippen molar-refractivity contribution in [3.8, 4) is 11.5 Å². The first-order valence-corrected chi connectivity index (χ1v) is 14.5. The molecule has 1 heterocycles. The molecule has 0 fully saturated rings. The Morgan fingerprint density at radius 2 is 1.71 bits per heavy atom. The quantitative estimate of drug-likeness (QED) is 0.189. The average Bonchev–Trinajstić information content (AvgIpc) is 2.81. The molecule has 0 aromatic heterocycles. The van der Waals surface area contributed by atoms with E-state index >= 15 is 0 Å². The van der Waals surface area contributed by atoms with Crippen LogP contribution in [0, 0.1) is 0 Å². The fourth-order valence-electron chi connectivity index (χ4n) is 3.91. The van der Waals surface area contributed by atoms with Gasteiger partial charge in [0.05, 0.1) is 31.0 Å². The Bertz CT molecular complexity index is 1020. The Hall–Kier alpha value is -1.52. The van der Waals surface area contributed by atoms with Crippen molar-refractivity contribution in [2.45, 2.75) is 71.8 Å². The number of hydrogen-bond donors (Lipinski definition) is 0. The molecular formula is C27H38ClO5P. The van der Waals surface area contributed by atoms with Crippen molar-refractivity contribution in [3.05, 3.63) is 40.9 Å². The number of hydrogen-bond acceptors (Lipinski definition) is 5. The molecule has 34 heavy (non-hydrogen) atoms. The maximum atomic E-state index is 12.8. The first-order chi connectivity index (χ1) is 16.3. The summed E-state index contributed by atoms with van der Waals surface area (Å²) in [6.07, 6.45) is 9.91. The summed E-state index contributed by atoms with van der Waals surface area (Å²) in [7, 11) is -2.97. The molecule has 1 aliphatic heterocycles. The number of fused-ring (bicyclic) bond motifs is 3. The molecular weight excluding hydrogens is 471 g/mol. The minimum absolute atomic E-state index is 0.363. The second-order valence-electron chi connectivity index (χ2n) is 9.26. The Balaban J connectivity index is 1.53. The molecule has 2 aromatic rings. The third-order valence-electron chi connectivity index (χ3n) is 5.65. The lowest BCUT2D eigenvalue weighted by Gasteiger charge is -2.29. The number of ether oxygens (including phenoxy) is 2. The Morgan fingerprint density at radius 3 is 2.41 bits per heavy atom. The van der Waals surface area contributed by atoms with Gasteiger partial charge in [0.1, 0.15) is 17.1 Å². The van der Waals surface area contributed by atoms with Crippen LogP contribution in [0.1, 0.15) is 71.8 Å². The summed E-state index contributed by atoms with van der Waals surface area (Å²) in [6.45, 7) is 9.64. The highest BCUT2D eigenvalue weighted by molar-refractivity contribution is 7.53. The summed E-state index contributed by atoms with van der Waals surface area (Å²) >= 11 is 6.65. The molecule has 0 amide bonds. The van der Waals surface area contributed by atoms with Gasteiger partial charge in [-0.25, -0.2) is 0 Å².